The highest BCUT2D eigenvalue weighted by Crippen LogP contribution is 2.20. The van der Waals surface area contributed by atoms with E-state index in [9.17, 15) is 0 Å². The van der Waals surface area contributed by atoms with Crippen LogP contribution in [0.15, 0.2) is 24.3 Å². The summed E-state index contributed by atoms with van der Waals surface area (Å²) in [5, 5.41) is 0. The molecule has 0 aromatic heterocycles. The van der Waals surface area contributed by atoms with Crippen molar-refractivity contribution in [1.82, 2.24) is 4.90 Å². The van der Waals surface area contributed by atoms with Crippen molar-refractivity contribution in [3.63, 3.8) is 0 Å². The van der Waals surface area contributed by atoms with Crippen LogP contribution in [0.3, 0.4) is 0 Å². The number of nitrogens with zero attached hydrogens (tertiary/aromatic N) is 1. The van der Waals surface area contributed by atoms with Gasteiger partial charge in [-0.1, -0.05) is 25.5 Å². The van der Waals surface area contributed by atoms with Gasteiger partial charge in [0.05, 0.1) is 6.61 Å². The van der Waals surface area contributed by atoms with Crippen molar-refractivity contribution in [3.8, 4) is 5.75 Å². The summed E-state index contributed by atoms with van der Waals surface area (Å²) in [4.78, 5) is 2.53. The number of piperidine rings is 1. The van der Waals surface area contributed by atoms with Crippen molar-refractivity contribution in [2.45, 2.75) is 39.2 Å². The number of nitrogens with two attached hydrogens (primary N) is 1. The molecule has 20 heavy (non-hydrogen) atoms. The van der Waals surface area contributed by atoms with Crippen molar-refractivity contribution < 1.29 is 4.74 Å². The minimum atomic E-state index is 0.731. The lowest BCUT2D eigenvalue weighted by atomic mass is 9.97. The van der Waals surface area contributed by atoms with Gasteiger partial charge in [0, 0.05) is 6.54 Å². The predicted molar refractivity (Wildman–Crippen MR) is 83.9 cm³/mol. The summed E-state index contributed by atoms with van der Waals surface area (Å²) < 4.78 is 5.78. The normalized spacial score (nSPS) is 17.3. The molecule has 1 heterocycles. The van der Waals surface area contributed by atoms with Crippen LogP contribution in [0, 0.1) is 5.92 Å². The van der Waals surface area contributed by atoms with Crippen LogP contribution in [0.25, 0.3) is 0 Å². The van der Waals surface area contributed by atoms with Gasteiger partial charge in [0.2, 0.25) is 0 Å². The van der Waals surface area contributed by atoms with Crippen molar-refractivity contribution >= 4 is 0 Å². The highest BCUT2D eigenvalue weighted by Gasteiger charge is 2.17. The van der Waals surface area contributed by atoms with Crippen LogP contribution in [0.1, 0.15) is 38.2 Å². The summed E-state index contributed by atoms with van der Waals surface area (Å²) >= 11 is 0. The Kier molecular flexibility index (Phi) is 6.34. The summed E-state index contributed by atoms with van der Waals surface area (Å²) in [5.41, 5.74) is 7.10. The van der Waals surface area contributed by atoms with Crippen LogP contribution in [0.4, 0.5) is 0 Å². The van der Waals surface area contributed by atoms with Crippen LogP contribution in [-0.4, -0.2) is 31.1 Å². The van der Waals surface area contributed by atoms with E-state index >= 15 is 0 Å². The maximum Gasteiger partial charge on any atom is 0.119 e. The first kappa shape index (κ1) is 15.3. The monoisotopic (exact) mass is 276 g/mol. The average molecular weight is 276 g/mol. The van der Waals surface area contributed by atoms with Crippen LogP contribution in [0.2, 0.25) is 0 Å². The van der Waals surface area contributed by atoms with Crippen molar-refractivity contribution in [2.24, 2.45) is 11.7 Å². The maximum atomic E-state index is 5.78. The SMILES string of the molecule is CCCCOc1cccc(CN2CCC(CN)CC2)c1. The molecule has 1 aromatic carbocycles. The Morgan fingerprint density at radius 2 is 2.10 bits per heavy atom. The van der Waals surface area contributed by atoms with Gasteiger partial charge in [-0.2, -0.15) is 0 Å². The second-order valence-electron chi connectivity index (χ2n) is 5.80. The number of ether oxygens (including phenoxy) is 1. The van der Waals surface area contributed by atoms with E-state index < -0.39 is 0 Å². The van der Waals surface area contributed by atoms with Crippen molar-refractivity contribution in [3.05, 3.63) is 29.8 Å². The van der Waals surface area contributed by atoms with Gasteiger partial charge in [-0.05, 0) is 62.5 Å². The first-order chi connectivity index (χ1) is 9.81. The van der Waals surface area contributed by atoms with E-state index in [1.54, 1.807) is 0 Å². The van der Waals surface area contributed by atoms with Gasteiger partial charge in [0.15, 0.2) is 0 Å². The minimum absolute atomic E-state index is 0.731. The molecule has 3 heteroatoms. The Labute approximate surface area is 123 Å². The van der Waals surface area contributed by atoms with Crippen LogP contribution >= 0.6 is 0 Å². The minimum Gasteiger partial charge on any atom is -0.494 e. The van der Waals surface area contributed by atoms with Gasteiger partial charge >= 0.3 is 0 Å². The Morgan fingerprint density at radius 1 is 1.30 bits per heavy atom. The molecule has 1 aliphatic heterocycles. The van der Waals surface area contributed by atoms with Gasteiger partial charge in [0.25, 0.3) is 0 Å². The molecule has 0 radical (unpaired) electrons. The van der Waals surface area contributed by atoms with Crippen LogP contribution in [0.5, 0.6) is 5.75 Å². The molecule has 0 saturated carbocycles. The van der Waals surface area contributed by atoms with Crippen LogP contribution < -0.4 is 10.5 Å². The lowest BCUT2D eigenvalue weighted by Gasteiger charge is -2.31. The summed E-state index contributed by atoms with van der Waals surface area (Å²) in [5.74, 6) is 1.74. The molecular formula is C17H28N2O. The first-order valence-corrected chi connectivity index (χ1v) is 7.96. The molecule has 2 rings (SSSR count). The summed E-state index contributed by atoms with van der Waals surface area (Å²) in [6.45, 7) is 7.22. The van der Waals surface area contributed by atoms with E-state index in [0.717, 1.165) is 37.8 Å². The van der Waals surface area contributed by atoms with Crippen LogP contribution in [-0.2, 0) is 6.54 Å². The largest absolute Gasteiger partial charge is 0.494 e. The fourth-order valence-corrected chi connectivity index (χ4v) is 2.71. The molecule has 1 fully saturated rings. The summed E-state index contributed by atoms with van der Waals surface area (Å²) in [6, 6.07) is 8.54. The molecule has 0 aliphatic carbocycles. The van der Waals surface area contributed by atoms with E-state index in [1.165, 1.54) is 37.9 Å². The molecule has 0 bridgehead atoms. The number of rotatable bonds is 7. The number of hydrogen-bond acceptors (Lipinski definition) is 3. The number of benzene rings is 1. The molecule has 0 spiro atoms. The topological polar surface area (TPSA) is 38.5 Å². The quantitative estimate of drug-likeness (QED) is 0.778. The molecule has 1 aliphatic rings. The van der Waals surface area contributed by atoms with E-state index in [4.69, 9.17) is 10.5 Å². The van der Waals surface area contributed by atoms with E-state index in [1.807, 2.05) is 0 Å². The summed E-state index contributed by atoms with van der Waals surface area (Å²) in [7, 11) is 0. The van der Waals surface area contributed by atoms with Gasteiger partial charge in [0.1, 0.15) is 5.75 Å². The van der Waals surface area contributed by atoms with E-state index in [-0.39, 0.29) is 0 Å². The standard InChI is InChI=1S/C17H28N2O/c1-2-3-11-20-17-6-4-5-16(12-17)14-19-9-7-15(13-18)8-10-19/h4-6,12,15H,2-3,7-11,13-14,18H2,1H3. The number of unbranched alkanes of at least 4 members (excludes halogenated alkanes) is 1. The molecule has 0 atom stereocenters. The Bertz CT molecular complexity index is 386. The molecule has 0 unspecified atom stereocenters. The third-order valence-corrected chi connectivity index (χ3v) is 4.11. The lowest BCUT2D eigenvalue weighted by molar-refractivity contribution is 0.180. The highest BCUT2D eigenvalue weighted by atomic mass is 16.5. The molecule has 3 nitrogen and oxygen atoms in total. The van der Waals surface area contributed by atoms with Crippen molar-refractivity contribution in [2.75, 3.05) is 26.2 Å². The fourth-order valence-electron chi connectivity index (χ4n) is 2.71. The second kappa shape index (κ2) is 8.28. The molecule has 0 amide bonds. The zero-order chi connectivity index (χ0) is 14.2. The van der Waals surface area contributed by atoms with E-state index in [2.05, 4.69) is 36.1 Å². The van der Waals surface area contributed by atoms with Gasteiger partial charge < -0.3 is 10.5 Å². The Balaban J connectivity index is 1.82. The zero-order valence-electron chi connectivity index (χ0n) is 12.7. The average Bonchev–Trinajstić information content (AvgIpc) is 2.49. The number of likely N-dealkylation sites (tertiary alicyclic amines) is 1. The number of hydrogen-bond donors (Lipinski definition) is 1. The van der Waals surface area contributed by atoms with Gasteiger partial charge in [-0.25, -0.2) is 0 Å². The van der Waals surface area contributed by atoms with Gasteiger partial charge in [-0.15, -0.1) is 0 Å². The predicted octanol–water partition coefficient (Wildman–Crippen LogP) is 3.04. The highest BCUT2D eigenvalue weighted by molar-refractivity contribution is 5.28. The van der Waals surface area contributed by atoms with E-state index in [0.29, 0.717) is 0 Å². The van der Waals surface area contributed by atoms with Gasteiger partial charge in [-0.3, -0.25) is 4.90 Å². The maximum absolute atomic E-state index is 5.78. The second-order valence-corrected chi connectivity index (χ2v) is 5.80. The third kappa shape index (κ3) is 4.80. The first-order valence-electron chi connectivity index (χ1n) is 7.96. The Morgan fingerprint density at radius 3 is 2.80 bits per heavy atom. The molecule has 2 N–H and O–H groups in total. The summed E-state index contributed by atoms with van der Waals surface area (Å²) in [6.07, 6.45) is 4.78. The zero-order valence-corrected chi connectivity index (χ0v) is 12.7. The molecule has 1 saturated heterocycles. The Hall–Kier alpha value is -1.06. The smallest absolute Gasteiger partial charge is 0.119 e. The van der Waals surface area contributed by atoms with Crippen molar-refractivity contribution in [1.29, 1.82) is 0 Å². The molecular weight excluding hydrogens is 248 g/mol. The molecule has 112 valence electrons. The molecule has 1 aromatic rings. The fraction of sp³-hybridized carbons (Fsp3) is 0.647. The lowest BCUT2D eigenvalue weighted by Crippen LogP contribution is -2.35. The third-order valence-electron chi connectivity index (χ3n) is 4.11.